The minimum Gasteiger partial charge on any atom is -0.369 e. The van der Waals surface area contributed by atoms with E-state index in [-0.39, 0.29) is 29.4 Å². The van der Waals surface area contributed by atoms with E-state index in [1.807, 2.05) is 31.7 Å². The van der Waals surface area contributed by atoms with Crippen LogP contribution in [0.2, 0.25) is 0 Å². The smallest absolute Gasteiger partial charge is 0.274 e. The van der Waals surface area contributed by atoms with Gasteiger partial charge in [-0.1, -0.05) is 76.2 Å². The molecule has 0 radical (unpaired) electrons. The Morgan fingerprint density at radius 2 is 0.769 bits per heavy atom. The fourth-order valence-corrected chi connectivity index (χ4v) is 21.5. The highest BCUT2D eigenvalue weighted by Crippen LogP contribution is 2.37. The van der Waals surface area contributed by atoms with E-state index in [9.17, 15) is 23.6 Å². The average Bonchev–Trinajstić information content (AvgIpc) is 1.65. The van der Waals surface area contributed by atoms with Crippen molar-refractivity contribution >= 4 is 29.3 Å². The number of carbonyl (C=O) groups is 4. The fraction of sp³-hybridized carbons (Fsp3) is 0.653. The lowest BCUT2D eigenvalue weighted by atomic mass is 9.82. The summed E-state index contributed by atoms with van der Waals surface area (Å²) >= 11 is 0. The molecule has 3 aromatic carbocycles. The lowest BCUT2D eigenvalue weighted by molar-refractivity contribution is 0.0707. The number of anilines is 1. The second kappa shape index (κ2) is 42.1. The lowest BCUT2D eigenvalue weighted by Crippen LogP contribution is -2.50. The van der Waals surface area contributed by atoms with Gasteiger partial charge in [-0.15, -0.1) is 0 Å². The molecule has 0 N–H and O–H groups in total. The number of piperidine rings is 4. The molecule has 4 atom stereocenters. The summed E-state index contributed by atoms with van der Waals surface area (Å²) in [6.07, 6.45) is 32.8. The Morgan fingerprint density at radius 3 is 1.21 bits per heavy atom. The van der Waals surface area contributed by atoms with Crippen LogP contribution in [-0.2, 0) is 103 Å². The first-order valence-electron chi connectivity index (χ1n) is 47.8. The zero-order chi connectivity index (χ0) is 83.9. The number of benzene rings is 3. The normalized spacial score (nSPS) is 21.8. The van der Waals surface area contributed by atoms with E-state index >= 15 is 0 Å². The van der Waals surface area contributed by atoms with Crippen LogP contribution in [0.15, 0.2) is 72.8 Å². The molecule has 4 amide bonds. The molecule has 0 spiro atoms. The molecule has 11 heterocycles. The molecule has 11 aliphatic rings. The molecule has 0 saturated carbocycles. The summed E-state index contributed by atoms with van der Waals surface area (Å²) in [6, 6.07) is 26.3. The Bertz CT molecular complexity index is 4540. The van der Waals surface area contributed by atoms with Gasteiger partial charge in [0.25, 0.3) is 23.6 Å². The zero-order valence-corrected chi connectivity index (χ0v) is 74.8. The molecule has 6 fully saturated rings. The van der Waals surface area contributed by atoms with Crippen LogP contribution in [0.25, 0.3) is 0 Å². The van der Waals surface area contributed by atoms with Gasteiger partial charge in [0.15, 0.2) is 22.8 Å². The predicted molar refractivity (Wildman–Crippen MR) is 479 cm³/mol. The largest absolute Gasteiger partial charge is 0.369 e. The molecular formula is C98H143FN18O4. The van der Waals surface area contributed by atoms with E-state index in [1.165, 1.54) is 119 Å². The number of fused-ring (bicyclic) bond motifs is 5. The lowest BCUT2D eigenvalue weighted by Gasteiger charge is -2.39. The van der Waals surface area contributed by atoms with Crippen LogP contribution >= 0.6 is 0 Å². The van der Waals surface area contributed by atoms with Crippen molar-refractivity contribution in [2.45, 2.75) is 278 Å². The van der Waals surface area contributed by atoms with E-state index in [0.717, 1.165) is 326 Å². The summed E-state index contributed by atoms with van der Waals surface area (Å²) in [4.78, 5) is 76.4. The first-order valence-corrected chi connectivity index (χ1v) is 47.8. The summed E-state index contributed by atoms with van der Waals surface area (Å²) in [5, 5.41) is 19.4. The van der Waals surface area contributed by atoms with Crippen molar-refractivity contribution in [3.05, 3.63) is 169 Å². The number of likely N-dealkylation sites (tertiary alicyclic amines) is 4. The predicted octanol–water partition coefficient (Wildman–Crippen LogP) is 13.9. The quantitative estimate of drug-likeness (QED) is 0.0705. The molecular weight excluding hydrogens is 1510 g/mol. The maximum atomic E-state index is 13.4. The molecule has 4 aromatic heterocycles. The van der Waals surface area contributed by atoms with Crippen molar-refractivity contribution in [2.24, 2.45) is 5.92 Å². The molecule has 7 aromatic rings. The van der Waals surface area contributed by atoms with E-state index in [4.69, 9.17) is 20.4 Å². The molecule has 18 rings (SSSR count). The number of halogens is 1. The van der Waals surface area contributed by atoms with Crippen LogP contribution in [0.1, 0.15) is 265 Å². The van der Waals surface area contributed by atoms with Crippen LogP contribution in [0.4, 0.5) is 10.1 Å². The number of likely N-dealkylation sites (N-methyl/N-ethyl adjacent to an activating group) is 3. The van der Waals surface area contributed by atoms with Gasteiger partial charge in [-0.2, -0.15) is 20.4 Å². The number of nitrogens with zero attached hydrogens (tertiary/aromatic N) is 18. The molecule has 23 heteroatoms. The number of carbonyl (C=O) groups excluding carboxylic acids is 4. The summed E-state index contributed by atoms with van der Waals surface area (Å²) in [5.74, 6) is 1.01. The van der Waals surface area contributed by atoms with Crippen molar-refractivity contribution in [3.8, 4) is 0 Å². The number of piperazine rings is 2. The van der Waals surface area contributed by atoms with Crippen LogP contribution in [0, 0.1) is 11.7 Å². The second-order valence-corrected chi connectivity index (χ2v) is 37.2. The molecule has 6 saturated heterocycles. The van der Waals surface area contributed by atoms with Gasteiger partial charge >= 0.3 is 0 Å². The number of hydrogen-bond donors (Lipinski definition) is 0. The highest BCUT2D eigenvalue weighted by molar-refractivity contribution is 5.96. The van der Waals surface area contributed by atoms with Crippen LogP contribution in [0.5, 0.6) is 0 Å². The van der Waals surface area contributed by atoms with Crippen LogP contribution in [-0.4, -0.2) is 257 Å². The molecule has 4 unspecified atom stereocenters. The summed E-state index contributed by atoms with van der Waals surface area (Å²) in [6.45, 7) is 31.4. The van der Waals surface area contributed by atoms with E-state index < -0.39 is 0 Å². The van der Waals surface area contributed by atoms with Gasteiger partial charge in [0.1, 0.15) is 5.82 Å². The van der Waals surface area contributed by atoms with Gasteiger partial charge in [-0.3, -0.25) is 52.6 Å². The van der Waals surface area contributed by atoms with Crippen molar-refractivity contribution in [3.63, 3.8) is 0 Å². The van der Waals surface area contributed by atoms with Gasteiger partial charge in [0, 0.05) is 219 Å². The van der Waals surface area contributed by atoms with Gasteiger partial charge in [-0.25, -0.2) is 4.39 Å². The van der Waals surface area contributed by atoms with Crippen molar-refractivity contribution in [1.82, 2.24) is 83.2 Å². The van der Waals surface area contributed by atoms with Crippen molar-refractivity contribution in [1.29, 1.82) is 0 Å². The third kappa shape index (κ3) is 21.3. The van der Waals surface area contributed by atoms with Crippen molar-refractivity contribution < 1.29 is 23.6 Å². The van der Waals surface area contributed by atoms with E-state index in [2.05, 4.69) is 145 Å². The minimum absolute atomic E-state index is 0.114. The maximum Gasteiger partial charge on any atom is 0.274 e. The minimum atomic E-state index is -0.201. The summed E-state index contributed by atoms with van der Waals surface area (Å²) < 4.78 is 21.7. The first kappa shape index (κ1) is 87.8. The Balaban J connectivity index is 0.000000126. The van der Waals surface area contributed by atoms with Crippen LogP contribution < -0.4 is 4.90 Å². The zero-order valence-electron chi connectivity index (χ0n) is 74.8. The Morgan fingerprint density at radius 1 is 0.388 bits per heavy atom. The molecule has 7 aliphatic heterocycles. The van der Waals surface area contributed by atoms with Gasteiger partial charge < -0.3 is 34.3 Å². The molecule has 121 heavy (non-hydrogen) atoms. The Hall–Kier alpha value is -8.09. The monoisotopic (exact) mass is 1660 g/mol. The average molecular weight is 1660 g/mol. The molecule has 656 valence electrons. The number of hydrogen-bond acceptors (Lipinski definition) is 14. The highest BCUT2D eigenvalue weighted by atomic mass is 19.1. The first-order chi connectivity index (χ1) is 59.1. The third-order valence-electron chi connectivity index (χ3n) is 28.6. The summed E-state index contributed by atoms with van der Waals surface area (Å²) in [7, 11) is 6.54. The Labute approximate surface area is 721 Å². The van der Waals surface area contributed by atoms with Crippen LogP contribution in [0.3, 0.4) is 0 Å². The SMILES string of the molecule is CCCn1nc(C(=O)N2CCCCC2)c2c1CCC(Cc1ccc(N3CCN(C)CC3)cc1)C2.CCCn1nc(C(=O)N2CCCCC2)c2c1CCC(N(C)Cc1ccc(F)cc1)C2.CCCn1nc(C(=O)N2CCCCC2)c2c1CCC(N1CCN(C)CC1)C2.CCCn1nc(C(=O)N2CCCCC2)c2c1CCC(N1CCc3ccccc3C1)C2. The van der Waals surface area contributed by atoms with Gasteiger partial charge in [0.2, 0.25) is 0 Å². The van der Waals surface area contributed by atoms with E-state index in [0.29, 0.717) is 29.7 Å². The molecule has 0 bridgehead atoms. The topological polar surface area (TPSA) is 172 Å². The number of amides is 4. The standard InChI is InChI=1S/C28H41N5O.C25H34N4O.C24H33FN4O.C21H35N5O/c1-3-13-33-26-12-9-23(21-25(26)27(29-33)28(34)32-14-5-4-6-15-32)20-22-7-10-24(11-8-22)31-18-16-30(2)17-19-31;1-2-13-29-23-11-10-21(28-16-12-19-8-4-5-9-20(19)18-28)17-22(23)24(26-29)25(30)27-14-6-3-7-15-27;1-3-13-29-22-12-11-20(27(2)17-18-7-9-19(25)10-8-18)16-21(22)23(26-29)24(30)28-14-5-4-6-15-28;1-3-9-26-19-8-7-17(24-14-12-23(2)13-15-24)16-18(19)20(22-26)21(27)25-10-5-4-6-11-25/h7-8,10-11,23H,3-6,9,12-21H2,1-2H3;4-5,8-9,21H,2-3,6-7,10-18H2,1H3;7-10,20H,3-6,11-17H2,1-2H3;17H,3-16H2,1-2H3. The third-order valence-corrected chi connectivity index (χ3v) is 28.6. The number of aryl methyl sites for hydroxylation is 4. The molecule has 22 nitrogen and oxygen atoms in total. The fourth-order valence-electron chi connectivity index (χ4n) is 21.5. The number of aromatic nitrogens is 8. The maximum absolute atomic E-state index is 13.4. The van der Waals surface area contributed by atoms with E-state index in [1.54, 1.807) is 0 Å². The highest BCUT2D eigenvalue weighted by Gasteiger charge is 2.40. The van der Waals surface area contributed by atoms with Gasteiger partial charge in [0.05, 0.1) is 0 Å². The summed E-state index contributed by atoms with van der Waals surface area (Å²) in [5.41, 5.74) is 19.9. The second-order valence-electron chi connectivity index (χ2n) is 37.2. The number of rotatable bonds is 20. The Kier molecular flexibility index (Phi) is 30.5. The molecule has 4 aliphatic carbocycles. The van der Waals surface area contributed by atoms with Crippen molar-refractivity contribution in [2.75, 3.05) is 137 Å². The van der Waals surface area contributed by atoms with Gasteiger partial charge in [-0.05, 0) is 266 Å².